The number of aromatic nitrogens is 1. The second kappa shape index (κ2) is 9.07. The second-order valence-electron chi connectivity index (χ2n) is 5.46. The molecule has 2 N–H and O–H groups in total. The standard InChI is InChI=1S/C14H22N4O.2ClH/c1-11(2)10-17-5-7-18(8-6-17)14(19)13-4-3-12(15)9-16-13;;/h3-4,9,11H,5-8,10,15H2,1-2H3;2*1H. The minimum absolute atomic E-state index is 0. The van der Waals surface area contributed by atoms with Gasteiger partial charge >= 0.3 is 0 Å². The van der Waals surface area contributed by atoms with E-state index in [0.717, 1.165) is 32.7 Å². The number of carbonyl (C=O) groups excluding carboxylic acids is 1. The van der Waals surface area contributed by atoms with Crippen LogP contribution in [0.4, 0.5) is 5.69 Å². The van der Waals surface area contributed by atoms with Crippen molar-refractivity contribution in [2.24, 2.45) is 5.92 Å². The molecule has 1 saturated heterocycles. The van der Waals surface area contributed by atoms with Crippen molar-refractivity contribution in [2.45, 2.75) is 13.8 Å². The van der Waals surface area contributed by atoms with Gasteiger partial charge in [0.1, 0.15) is 5.69 Å². The number of hydrogen-bond donors (Lipinski definition) is 1. The first-order valence-corrected chi connectivity index (χ1v) is 6.79. The van der Waals surface area contributed by atoms with Gasteiger partial charge in [-0.15, -0.1) is 24.8 Å². The quantitative estimate of drug-likeness (QED) is 0.917. The number of halogens is 2. The Morgan fingerprint density at radius 1 is 1.24 bits per heavy atom. The van der Waals surface area contributed by atoms with Crippen molar-refractivity contribution < 1.29 is 4.79 Å². The van der Waals surface area contributed by atoms with Crippen molar-refractivity contribution in [3.05, 3.63) is 24.0 Å². The smallest absolute Gasteiger partial charge is 0.272 e. The number of nitrogens with two attached hydrogens (primary N) is 1. The summed E-state index contributed by atoms with van der Waals surface area (Å²) in [5.41, 5.74) is 6.64. The molecule has 1 aromatic heterocycles. The Kier molecular flexibility index (Phi) is 8.63. The molecular formula is C14H24Cl2N4O. The molecule has 1 amide bonds. The van der Waals surface area contributed by atoms with E-state index in [1.807, 2.05) is 4.90 Å². The maximum absolute atomic E-state index is 12.2. The molecule has 0 aliphatic carbocycles. The van der Waals surface area contributed by atoms with E-state index < -0.39 is 0 Å². The van der Waals surface area contributed by atoms with Crippen molar-refractivity contribution in [3.63, 3.8) is 0 Å². The summed E-state index contributed by atoms with van der Waals surface area (Å²) < 4.78 is 0. The Morgan fingerprint density at radius 2 is 1.86 bits per heavy atom. The first kappa shape index (κ1) is 20.0. The van der Waals surface area contributed by atoms with Crippen molar-refractivity contribution in [1.82, 2.24) is 14.8 Å². The molecule has 2 heterocycles. The lowest BCUT2D eigenvalue weighted by atomic mass is 10.2. The molecule has 1 aliphatic rings. The highest BCUT2D eigenvalue weighted by Crippen LogP contribution is 2.09. The van der Waals surface area contributed by atoms with Crippen molar-refractivity contribution >= 4 is 36.4 Å². The topological polar surface area (TPSA) is 62.5 Å². The van der Waals surface area contributed by atoms with Gasteiger partial charge < -0.3 is 10.6 Å². The van der Waals surface area contributed by atoms with E-state index >= 15 is 0 Å². The Labute approximate surface area is 138 Å². The average Bonchev–Trinajstić information content (AvgIpc) is 2.39. The number of nitrogens with zero attached hydrogens (tertiary/aromatic N) is 3. The van der Waals surface area contributed by atoms with Gasteiger partial charge in [0.05, 0.1) is 11.9 Å². The van der Waals surface area contributed by atoms with Crippen molar-refractivity contribution in [3.8, 4) is 0 Å². The lowest BCUT2D eigenvalue weighted by Gasteiger charge is -2.35. The number of pyridine rings is 1. The highest BCUT2D eigenvalue weighted by molar-refractivity contribution is 5.92. The molecule has 0 atom stereocenters. The van der Waals surface area contributed by atoms with E-state index in [1.54, 1.807) is 12.1 Å². The zero-order chi connectivity index (χ0) is 13.8. The van der Waals surface area contributed by atoms with Gasteiger partial charge in [-0.25, -0.2) is 4.98 Å². The van der Waals surface area contributed by atoms with Gasteiger partial charge in [0, 0.05) is 32.7 Å². The lowest BCUT2D eigenvalue weighted by molar-refractivity contribution is 0.0618. The third-order valence-corrected chi connectivity index (χ3v) is 3.29. The molecule has 1 aliphatic heterocycles. The molecule has 0 bridgehead atoms. The number of amides is 1. The summed E-state index contributed by atoms with van der Waals surface area (Å²) in [4.78, 5) is 20.6. The third-order valence-electron chi connectivity index (χ3n) is 3.29. The van der Waals surface area contributed by atoms with Crippen molar-refractivity contribution in [1.29, 1.82) is 0 Å². The van der Waals surface area contributed by atoms with E-state index in [1.165, 1.54) is 6.20 Å². The summed E-state index contributed by atoms with van der Waals surface area (Å²) in [7, 11) is 0. The second-order valence-corrected chi connectivity index (χ2v) is 5.46. The molecule has 1 aromatic rings. The Hall–Kier alpha value is -1.04. The summed E-state index contributed by atoms with van der Waals surface area (Å²) in [5, 5.41) is 0. The minimum Gasteiger partial charge on any atom is -0.397 e. The molecule has 21 heavy (non-hydrogen) atoms. The monoisotopic (exact) mass is 334 g/mol. The zero-order valence-corrected chi connectivity index (χ0v) is 14.1. The van der Waals surface area contributed by atoms with Gasteiger partial charge in [-0.05, 0) is 18.1 Å². The lowest BCUT2D eigenvalue weighted by Crippen LogP contribution is -2.49. The number of anilines is 1. The molecule has 5 nitrogen and oxygen atoms in total. The van der Waals surface area contributed by atoms with E-state index in [4.69, 9.17) is 5.73 Å². The molecule has 0 radical (unpaired) electrons. The number of hydrogen-bond acceptors (Lipinski definition) is 4. The number of piperazine rings is 1. The van der Waals surface area contributed by atoms with Crippen LogP contribution in [-0.2, 0) is 0 Å². The summed E-state index contributed by atoms with van der Waals surface area (Å²) in [6.45, 7) is 8.97. The molecule has 0 spiro atoms. The predicted molar refractivity (Wildman–Crippen MR) is 90.3 cm³/mol. The van der Waals surface area contributed by atoms with Crippen LogP contribution >= 0.6 is 24.8 Å². The van der Waals surface area contributed by atoms with Gasteiger partial charge in [-0.3, -0.25) is 9.69 Å². The summed E-state index contributed by atoms with van der Waals surface area (Å²) in [5.74, 6) is 0.671. The number of rotatable bonds is 3. The van der Waals surface area contributed by atoms with E-state index in [9.17, 15) is 4.79 Å². The molecule has 0 saturated carbocycles. The van der Waals surface area contributed by atoms with Gasteiger partial charge in [0.25, 0.3) is 5.91 Å². The predicted octanol–water partition coefficient (Wildman–Crippen LogP) is 1.92. The molecular weight excluding hydrogens is 311 g/mol. The van der Waals surface area contributed by atoms with Crippen LogP contribution in [0.5, 0.6) is 0 Å². The summed E-state index contributed by atoms with van der Waals surface area (Å²) >= 11 is 0. The Morgan fingerprint density at radius 3 is 2.33 bits per heavy atom. The molecule has 7 heteroatoms. The summed E-state index contributed by atoms with van der Waals surface area (Å²) in [6.07, 6.45) is 1.53. The molecule has 120 valence electrons. The minimum atomic E-state index is 0. The number of nitrogen functional groups attached to an aromatic ring is 1. The summed E-state index contributed by atoms with van der Waals surface area (Å²) in [6, 6.07) is 3.41. The first-order chi connectivity index (χ1) is 9.06. The molecule has 2 rings (SSSR count). The van der Waals surface area contributed by atoms with Crippen LogP contribution in [0.1, 0.15) is 24.3 Å². The fourth-order valence-corrected chi connectivity index (χ4v) is 2.34. The van der Waals surface area contributed by atoms with Crippen LogP contribution in [0.3, 0.4) is 0 Å². The van der Waals surface area contributed by atoms with Crippen LogP contribution in [0.25, 0.3) is 0 Å². The molecule has 0 aromatic carbocycles. The van der Waals surface area contributed by atoms with E-state index in [0.29, 0.717) is 17.3 Å². The number of carbonyl (C=O) groups is 1. The molecule has 0 unspecified atom stereocenters. The van der Waals surface area contributed by atoms with Crippen LogP contribution < -0.4 is 5.73 Å². The maximum Gasteiger partial charge on any atom is 0.272 e. The maximum atomic E-state index is 12.2. The van der Waals surface area contributed by atoms with Gasteiger partial charge in [-0.1, -0.05) is 13.8 Å². The average molecular weight is 335 g/mol. The Bertz CT molecular complexity index is 431. The fourth-order valence-electron chi connectivity index (χ4n) is 2.34. The third kappa shape index (κ3) is 5.69. The SMILES string of the molecule is CC(C)CN1CCN(C(=O)c2ccc(N)cn2)CC1.Cl.Cl. The van der Waals surface area contributed by atoms with E-state index in [-0.39, 0.29) is 30.7 Å². The largest absolute Gasteiger partial charge is 0.397 e. The Balaban J connectivity index is 0.00000200. The van der Waals surface area contributed by atoms with Crippen LogP contribution in [0, 0.1) is 5.92 Å². The fraction of sp³-hybridized carbons (Fsp3) is 0.571. The van der Waals surface area contributed by atoms with Gasteiger partial charge in [0.15, 0.2) is 0 Å². The normalized spacial score (nSPS) is 15.3. The van der Waals surface area contributed by atoms with E-state index in [2.05, 4.69) is 23.7 Å². The van der Waals surface area contributed by atoms with Crippen molar-refractivity contribution in [2.75, 3.05) is 38.5 Å². The highest BCUT2D eigenvalue weighted by atomic mass is 35.5. The van der Waals surface area contributed by atoms with Crippen LogP contribution in [0.15, 0.2) is 18.3 Å². The zero-order valence-electron chi connectivity index (χ0n) is 12.5. The van der Waals surface area contributed by atoms with Gasteiger partial charge in [0.2, 0.25) is 0 Å². The first-order valence-electron chi connectivity index (χ1n) is 6.79. The van der Waals surface area contributed by atoms with Crippen LogP contribution in [0.2, 0.25) is 0 Å². The van der Waals surface area contributed by atoms with Gasteiger partial charge in [-0.2, -0.15) is 0 Å². The van der Waals surface area contributed by atoms with Crippen LogP contribution in [-0.4, -0.2) is 53.4 Å². The highest BCUT2D eigenvalue weighted by Gasteiger charge is 2.22. The molecule has 1 fully saturated rings.